The number of likely N-dealkylation sites (tertiary alicyclic amines) is 1. The summed E-state index contributed by atoms with van der Waals surface area (Å²) < 4.78 is 6.51. The highest BCUT2D eigenvalue weighted by Gasteiger charge is 2.29. The molecule has 4 rings (SSSR count). The van der Waals surface area contributed by atoms with Gasteiger partial charge in [-0.3, -0.25) is 9.20 Å². The second-order valence-corrected chi connectivity index (χ2v) is 6.05. The molecule has 0 radical (unpaired) electrons. The van der Waals surface area contributed by atoms with E-state index in [4.69, 9.17) is 4.52 Å². The van der Waals surface area contributed by atoms with Crippen LogP contribution in [0.2, 0.25) is 0 Å². The fourth-order valence-electron chi connectivity index (χ4n) is 3.21. The van der Waals surface area contributed by atoms with Crippen LogP contribution < -0.4 is 0 Å². The van der Waals surface area contributed by atoms with Crippen LogP contribution in [0.3, 0.4) is 0 Å². The molecule has 9 nitrogen and oxygen atoms in total. The lowest BCUT2D eigenvalue weighted by Crippen LogP contribution is -2.39. The standard InChI is InChI=1S/C15H17N7O2/c1-9-7-10(2)22-13(18-19-15(22)17-9)14(23)21-5-3-11(4-6-21)12-16-8-24-20-12/h7-8,11H,3-6H2,1-2H3. The molecule has 0 aromatic carbocycles. The molecule has 0 unspecified atom stereocenters. The van der Waals surface area contributed by atoms with Crippen LogP contribution in [-0.4, -0.2) is 53.6 Å². The molecular formula is C15H17N7O2. The van der Waals surface area contributed by atoms with Crippen molar-refractivity contribution in [3.8, 4) is 0 Å². The van der Waals surface area contributed by atoms with Gasteiger partial charge in [0.25, 0.3) is 11.7 Å². The number of rotatable bonds is 2. The Morgan fingerprint density at radius 1 is 1.25 bits per heavy atom. The highest BCUT2D eigenvalue weighted by molar-refractivity contribution is 5.91. The van der Waals surface area contributed by atoms with Crippen molar-refractivity contribution < 1.29 is 9.32 Å². The molecule has 0 N–H and O–H groups in total. The molecule has 3 aromatic rings. The van der Waals surface area contributed by atoms with E-state index < -0.39 is 0 Å². The van der Waals surface area contributed by atoms with Gasteiger partial charge in [0.05, 0.1) is 0 Å². The van der Waals surface area contributed by atoms with Gasteiger partial charge in [-0.2, -0.15) is 4.98 Å². The first-order chi connectivity index (χ1) is 11.6. The lowest BCUT2D eigenvalue weighted by Gasteiger charge is -2.30. The van der Waals surface area contributed by atoms with Crippen molar-refractivity contribution in [3.05, 3.63) is 35.5 Å². The molecular weight excluding hydrogens is 310 g/mol. The van der Waals surface area contributed by atoms with Crippen molar-refractivity contribution in [3.63, 3.8) is 0 Å². The van der Waals surface area contributed by atoms with Crippen LogP contribution >= 0.6 is 0 Å². The molecule has 0 spiro atoms. The monoisotopic (exact) mass is 327 g/mol. The molecule has 0 saturated carbocycles. The number of amides is 1. The van der Waals surface area contributed by atoms with E-state index in [9.17, 15) is 4.79 Å². The summed E-state index contributed by atoms with van der Waals surface area (Å²) in [7, 11) is 0. The second-order valence-electron chi connectivity index (χ2n) is 6.05. The van der Waals surface area contributed by atoms with Crippen LogP contribution in [0.25, 0.3) is 5.78 Å². The van der Waals surface area contributed by atoms with Gasteiger partial charge in [0.2, 0.25) is 12.2 Å². The summed E-state index contributed by atoms with van der Waals surface area (Å²) in [4.78, 5) is 23.1. The highest BCUT2D eigenvalue weighted by atomic mass is 16.5. The molecule has 24 heavy (non-hydrogen) atoms. The van der Waals surface area contributed by atoms with Crippen LogP contribution in [0, 0.1) is 13.8 Å². The van der Waals surface area contributed by atoms with Crippen LogP contribution in [0.5, 0.6) is 0 Å². The lowest BCUT2D eigenvalue weighted by molar-refractivity contribution is 0.0696. The summed E-state index contributed by atoms with van der Waals surface area (Å²) in [5.74, 6) is 1.59. The second kappa shape index (κ2) is 5.66. The number of aromatic nitrogens is 6. The third-order valence-electron chi connectivity index (χ3n) is 4.41. The largest absolute Gasteiger partial charge is 0.343 e. The van der Waals surface area contributed by atoms with Crippen LogP contribution in [0.4, 0.5) is 0 Å². The molecule has 4 heterocycles. The Bertz CT molecular complexity index is 879. The van der Waals surface area contributed by atoms with Gasteiger partial charge in [-0.05, 0) is 32.8 Å². The van der Waals surface area contributed by atoms with Gasteiger partial charge in [0.1, 0.15) is 0 Å². The normalized spacial score (nSPS) is 16.0. The number of hydrogen-bond donors (Lipinski definition) is 0. The molecule has 0 atom stereocenters. The van der Waals surface area contributed by atoms with E-state index in [1.54, 1.807) is 9.30 Å². The smallest absolute Gasteiger partial charge is 0.292 e. The van der Waals surface area contributed by atoms with E-state index >= 15 is 0 Å². The highest BCUT2D eigenvalue weighted by Crippen LogP contribution is 2.26. The van der Waals surface area contributed by atoms with Crippen LogP contribution in [0.15, 0.2) is 17.0 Å². The summed E-state index contributed by atoms with van der Waals surface area (Å²) in [6.45, 7) is 5.08. The zero-order valence-corrected chi connectivity index (χ0v) is 13.5. The summed E-state index contributed by atoms with van der Waals surface area (Å²) >= 11 is 0. The minimum absolute atomic E-state index is 0.122. The first kappa shape index (κ1) is 14.7. The first-order valence-corrected chi connectivity index (χ1v) is 7.88. The molecule has 124 valence electrons. The minimum atomic E-state index is -0.122. The Morgan fingerprint density at radius 2 is 2.04 bits per heavy atom. The van der Waals surface area contributed by atoms with Crippen LogP contribution in [-0.2, 0) is 0 Å². The van der Waals surface area contributed by atoms with Crippen LogP contribution in [0.1, 0.15) is 46.6 Å². The van der Waals surface area contributed by atoms with E-state index in [0.29, 0.717) is 30.5 Å². The molecule has 1 amide bonds. The predicted octanol–water partition coefficient (Wildman–Crippen LogP) is 1.14. The van der Waals surface area contributed by atoms with Crippen molar-refractivity contribution in [1.29, 1.82) is 0 Å². The average Bonchev–Trinajstić information content (AvgIpc) is 3.24. The maximum atomic E-state index is 12.8. The number of carbonyl (C=O) groups is 1. The lowest BCUT2D eigenvalue weighted by atomic mass is 9.96. The van der Waals surface area contributed by atoms with Crippen molar-refractivity contribution in [2.24, 2.45) is 0 Å². The summed E-state index contributed by atoms with van der Waals surface area (Å²) in [5, 5.41) is 12.0. The molecule has 3 aromatic heterocycles. The van der Waals surface area contributed by atoms with Gasteiger partial charge in [0.15, 0.2) is 5.82 Å². The molecule has 0 bridgehead atoms. The first-order valence-electron chi connectivity index (χ1n) is 7.88. The number of aryl methyl sites for hydroxylation is 2. The maximum absolute atomic E-state index is 12.8. The molecule has 0 aliphatic carbocycles. The topological polar surface area (TPSA) is 102 Å². The number of nitrogens with zero attached hydrogens (tertiary/aromatic N) is 7. The van der Waals surface area contributed by atoms with Gasteiger partial charge in [-0.25, -0.2) is 4.98 Å². The summed E-state index contributed by atoms with van der Waals surface area (Å²) in [6, 6.07) is 1.91. The van der Waals surface area contributed by atoms with E-state index in [2.05, 4.69) is 25.3 Å². The van der Waals surface area contributed by atoms with E-state index in [-0.39, 0.29) is 11.8 Å². The Labute approximate surface area is 137 Å². The minimum Gasteiger partial charge on any atom is -0.343 e. The zero-order chi connectivity index (χ0) is 16.7. The van der Waals surface area contributed by atoms with Gasteiger partial charge in [-0.15, -0.1) is 10.2 Å². The average molecular weight is 327 g/mol. The molecule has 1 saturated heterocycles. The number of fused-ring (bicyclic) bond motifs is 1. The number of hydrogen-bond acceptors (Lipinski definition) is 7. The third-order valence-corrected chi connectivity index (χ3v) is 4.41. The molecule has 1 aliphatic heterocycles. The fourth-order valence-corrected chi connectivity index (χ4v) is 3.21. The fraction of sp³-hybridized carbons (Fsp3) is 0.467. The number of piperidine rings is 1. The van der Waals surface area contributed by atoms with Gasteiger partial charge < -0.3 is 9.42 Å². The van der Waals surface area contributed by atoms with Gasteiger partial charge in [0, 0.05) is 30.4 Å². The Balaban J connectivity index is 1.55. The quantitative estimate of drug-likeness (QED) is 0.695. The van der Waals surface area contributed by atoms with Crippen molar-refractivity contribution in [2.75, 3.05) is 13.1 Å². The van der Waals surface area contributed by atoms with Gasteiger partial charge in [-0.1, -0.05) is 5.16 Å². The Morgan fingerprint density at radius 3 is 2.75 bits per heavy atom. The molecule has 1 aliphatic rings. The van der Waals surface area contributed by atoms with Crippen molar-refractivity contribution >= 4 is 11.7 Å². The number of carbonyl (C=O) groups excluding carboxylic acids is 1. The summed E-state index contributed by atoms with van der Waals surface area (Å²) in [5.41, 5.74) is 1.75. The maximum Gasteiger partial charge on any atom is 0.292 e. The van der Waals surface area contributed by atoms with Crippen molar-refractivity contribution in [1.82, 2.24) is 34.6 Å². The van der Waals surface area contributed by atoms with Gasteiger partial charge >= 0.3 is 0 Å². The molecule has 1 fully saturated rings. The van der Waals surface area contributed by atoms with Crippen molar-refractivity contribution in [2.45, 2.75) is 32.6 Å². The Hall–Kier alpha value is -2.84. The SMILES string of the molecule is Cc1cc(C)n2c(C(=O)N3CCC(c4ncon4)CC3)nnc2n1. The van der Waals surface area contributed by atoms with E-state index in [1.165, 1.54) is 6.39 Å². The Kier molecular flexibility index (Phi) is 3.47. The zero-order valence-electron chi connectivity index (χ0n) is 13.5. The predicted molar refractivity (Wildman–Crippen MR) is 82.4 cm³/mol. The van der Waals surface area contributed by atoms with E-state index in [0.717, 1.165) is 24.2 Å². The van der Waals surface area contributed by atoms with E-state index in [1.807, 2.05) is 19.9 Å². The third kappa shape index (κ3) is 2.41. The molecule has 9 heteroatoms. The summed E-state index contributed by atoms with van der Waals surface area (Å²) in [6.07, 6.45) is 2.95.